The van der Waals surface area contributed by atoms with Gasteiger partial charge in [0.2, 0.25) is 0 Å². The van der Waals surface area contributed by atoms with Crippen LogP contribution in [0.1, 0.15) is 20.3 Å². The Morgan fingerprint density at radius 3 is 2.40 bits per heavy atom. The average molecular weight is 163 g/mol. The fraction of sp³-hybridized carbons (Fsp3) is 1.00. The molecule has 0 aliphatic carbocycles. The molecular weight excluding hydrogens is 145 g/mol. The summed E-state index contributed by atoms with van der Waals surface area (Å²) in [6.07, 6.45) is 1.09. The lowest BCUT2D eigenvalue weighted by Gasteiger charge is -2.24. The molecule has 0 aromatic carbocycles. The molecule has 0 bridgehead atoms. The summed E-state index contributed by atoms with van der Waals surface area (Å²) < 4.78 is 5.11. The largest absolute Gasteiger partial charge is 0.380 e. The summed E-state index contributed by atoms with van der Waals surface area (Å²) in [6, 6.07) is 0.244. The maximum absolute atomic E-state index is 5.63. The molecule has 0 aromatic heterocycles. The van der Waals surface area contributed by atoms with E-state index in [0.717, 1.165) is 19.6 Å². The molecule has 62 valence electrons. The molecule has 1 heterocycles. The van der Waals surface area contributed by atoms with Crippen molar-refractivity contribution in [1.29, 1.82) is 0 Å². The normalized spacial score (nSPS) is 32.4. The molecule has 0 spiro atoms. The van der Waals surface area contributed by atoms with E-state index in [4.69, 9.17) is 10.5 Å². The zero-order valence-electron chi connectivity index (χ0n) is 6.84. The molecule has 1 fully saturated rings. The molecule has 3 heteroatoms. The van der Waals surface area contributed by atoms with Crippen molar-refractivity contribution in [3.05, 3.63) is 0 Å². The van der Waals surface area contributed by atoms with E-state index in [1.165, 1.54) is 0 Å². The van der Waals surface area contributed by atoms with Crippen molar-refractivity contribution >= 4 is 9.24 Å². The van der Waals surface area contributed by atoms with Crippen molar-refractivity contribution < 1.29 is 4.74 Å². The van der Waals surface area contributed by atoms with E-state index in [2.05, 4.69) is 9.24 Å². The van der Waals surface area contributed by atoms with Gasteiger partial charge >= 0.3 is 0 Å². The summed E-state index contributed by atoms with van der Waals surface area (Å²) in [5, 5.41) is 0. The summed E-state index contributed by atoms with van der Waals surface area (Å²) in [5.41, 5.74) is 6.21. The SMILES string of the molecule is CC.NC1COCCC1P. The Balaban J connectivity index is 0.000000371. The summed E-state index contributed by atoms with van der Waals surface area (Å²) in [5.74, 6) is 0. The van der Waals surface area contributed by atoms with Crippen LogP contribution in [0, 0.1) is 0 Å². The van der Waals surface area contributed by atoms with Crippen molar-refractivity contribution in [3.8, 4) is 0 Å². The predicted octanol–water partition coefficient (Wildman–Crippen LogP) is 1.00. The van der Waals surface area contributed by atoms with E-state index in [-0.39, 0.29) is 6.04 Å². The van der Waals surface area contributed by atoms with E-state index in [0.29, 0.717) is 5.66 Å². The van der Waals surface area contributed by atoms with Crippen molar-refractivity contribution in [2.75, 3.05) is 13.2 Å². The molecule has 0 saturated carbocycles. The van der Waals surface area contributed by atoms with Crippen molar-refractivity contribution in [3.63, 3.8) is 0 Å². The Hall–Kier alpha value is 0.350. The topological polar surface area (TPSA) is 35.2 Å². The number of rotatable bonds is 0. The first kappa shape index (κ1) is 10.3. The van der Waals surface area contributed by atoms with E-state index in [1.54, 1.807) is 0 Å². The quantitative estimate of drug-likeness (QED) is 0.541. The number of hydrogen-bond donors (Lipinski definition) is 1. The molecular formula is C7H18NOP. The molecule has 10 heavy (non-hydrogen) atoms. The fourth-order valence-electron chi connectivity index (χ4n) is 0.777. The van der Waals surface area contributed by atoms with Gasteiger partial charge in [-0.3, -0.25) is 0 Å². The van der Waals surface area contributed by atoms with Gasteiger partial charge in [-0.05, 0) is 12.1 Å². The molecule has 0 radical (unpaired) electrons. The van der Waals surface area contributed by atoms with Crippen LogP contribution in [0.4, 0.5) is 0 Å². The molecule has 1 aliphatic heterocycles. The van der Waals surface area contributed by atoms with Gasteiger partial charge in [0.25, 0.3) is 0 Å². The predicted molar refractivity (Wildman–Crippen MR) is 48.3 cm³/mol. The van der Waals surface area contributed by atoms with Crippen molar-refractivity contribution in [2.24, 2.45) is 5.73 Å². The van der Waals surface area contributed by atoms with Crippen LogP contribution in [0.25, 0.3) is 0 Å². The monoisotopic (exact) mass is 163 g/mol. The van der Waals surface area contributed by atoms with E-state index < -0.39 is 0 Å². The molecule has 3 unspecified atom stereocenters. The zero-order valence-corrected chi connectivity index (χ0v) is 7.99. The standard InChI is InChI=1S/C5H12NOP.C2H6/c6-4-3-7-2-1-5(4)8;1-2/h4-5H,1-3,6,8H2;1-2H3. The van der Waals surface area contributed by atoms with Gasteiger partial charge in [0, 0.05) is 12.6 Å². The summed E-state index contributed by atoms with van der Waals surface area (Å²) in [6.45, 7) is 5.61. The van der Waals surface area contributed by atoms with Gasteiger partial charge in [-0.15, -0.1) is 9.24 Å². The van der Waals surface area contributed by atoms with Gasteiger partial charge in [0.05, 0.1) is 6.61 Å². The Kier molecular flexibility index (Phi) is 6.30. The van der Waals surface area contributed by atoms with Gasteiger partial charge in [0.1, 0.15) is 0 Å². The molecule has 1 saturated heterocycles. The molecule has 1 rings (SSSR count). The minimum Gasteiger partial charge on any atom is -0.380 e. The Morgan fingerprint density at radius 2 is 2.10 bits per heavy atom. The van der Waals surface area contributed by atoms with E-state index in [9.17, 15) is 0 Å². The Morgan fingerprint density at radius 1 is 1.50 bits per heavy atom. The van der Waals surface area contributed by atoms with Gasteiger partial charge in [-0.1, -0.05) is 13.8 Å². The van der Waals surface area contributed by atoms with Crippen LogP contribution in [0.5, 0.6) is 0 Å². The smallest absolute Gasteiger partial charge is 0.0623 e. The molecule has 2 nitrogen and oxygen atoms in total. The van der Waals surface area contributed by atoms with E-state index >= 15 is 0 Å². The Bertz CT molecular complexity index is 70.0. The van der Waals surface area contributed by atoms with Gasteiger partial charge in [-0.2, -0.15) is 0 Å². The highest BCUT2D eigenvalue weighted by atomic mass is 31.0. The molecule has 3 atom stereocenters. The second-order valence-corrected chi connectivity index (χ2v) is 3.05. The number of nitrogens with two attached hydrogens (primary N) is 1. The highest BCUT2D eigenvalue weighted by molar-refractivity contribution is 7.17. The van der Waals surface area contributed by atoms with E-state index in [1.807, 2.05) is 13.8 Å². The van der Waals surface area contributed by atoms with Crippen LogP contribution < -0.4 is 5.73 Å². The molecule has 1 aliphatic rings. The lowest BCUT2D eigenvalue weighted by atomic mass is 10.1. The first-order valence-corrected chi connectivity index (χ1v) is 4.56. The first-order chi connectivity index (χ1) is 4.80. The third-order valence-corrected chi connectivity index (χ3v) is 2.28. The molecule has 2 N–H and O–H groups in total. The average Bonchev–Trinajstić information content (AvgIpc) is 2.00. The number of ether oxygens (including phenoxy) is 1. The van der Waals surface area contributed by atoms with Crippen LogP contribution >= 0.6 is 9.24 Å². The minimum absolute atomic E-state index is 0.244. The Labute approximate surface area is 65.7 Å². The van der Waals surface area contributed by atoms with Gasteiger partial charge < -0.3 is 10.5 Å². The summed E-state index contributed by atoms with van der Waals surface area (Å²) >= 11 is 0. The molecule has 0 amide bonds. The summed E-state index contributed by atoms with van der Waals surface area (Å²) in [7, 11) is 2.74. The minimum atomic E-state index is 0.244. The lowest BCUT2D eigenvalue weighted by Crippen LogP contribution is -2.39. The second kappa shape index (κ2) is 6.09. The highest BCUT2D eigenvalue weighted by Gasteiger charge is 2.16. The van der Waals surface area contributed by atoms with Crippen LogP contribution in [-0.2, 0) is 4.74 Å². The third-order valence-electron chi connectivity index (χ3n) is 1.46. The van der Waals surface area contributed by atoms with Crippen LogP contribution in [-0.4, -0.2) is 24.9 Å². The van der Waals surface area contributed by atoms with Crippen LogP contribution in [0.3, 0.4) is 0 Å². The summed E-state index contributed by atoms with van der Waals surface area (Å²) in [4.78, 5) is 0. The maximum atomic E-state index is 5.63. The zero-order chi connectivity index (χ0) is 7.98. The van der Waals surface area contributed by atoms with Crippen molar-refractivity contribution in [1.82, 2.24) is 0 Å². The maximum Gasteiger partial charge on any atom is 0.0623 e. The lowest BCUT2D eigenvalue weighted by molar-refractivity contribution is 0.0856. The van der Waals surface area contributed by atoms with Gasteiger partial charge in [-0.25, -0.2) is 0 Å². The second-order valence-electron chi connectivity index (χ2n) is 2.19. The van der Waals surface area contributed by atoms with Gasteiger partial charge in [0.15, 0.2) is 0 Å². The highest BCUT2D eigenvalue weighted by Crippen LogP contribution is 2.13. The van der Waals surface area contributed by atoms with Crippen LogP contribution in [0.15, 0.2) is 0 Å². The number of hydrogen-bond acceptors (Lipinski definition) is 2. The third kappa shape index (κ3) is 3.50. The van der Waals surface area contributed by atoms with Crippen LogP contribution in [0.2, 0.25) is 0 Å². The van der Waals surface area contributed by atoms with Crippen molar-refractivity contribution in [2.45, 2.75) is 32.0 Å². The fourth-order valence-corrected chi connectivity index (χ4v) is 1.02. The molecule has 0 aromatic rings. The first-order valence-electron chi connectivity index (χ1n) is 3.89.